The smallest absolute Gasteiger partial charge is 0.165 e. The summed E-state index contributed by atoms with van der Waals surface area (Å²) >= 11 is 0. The van der Waals surface area contributed by atoms with Crippen LogP contribution >= 0.6 is 0 Å². The SMILES string of the molecule is CC(C)c1ccc(CO[C@@H]2CCCC2Cc2ncnc3c2ncn3[C@@H]2O[C@H](CO)[C@@H](O)[C@H]2O)cc1.OC[C@H]1O[C@@H](n2cnc3c(CC4CCC[C@H]4OCc4ccccc4)ncnc32)[C@H](O)[C@@H]1O. The zero-order valence-electron chi connectivity index (χ0n) is 37.9. The molecule has 4 fully saturated rings. The van der Waals surface area contributed by atoms with Crippen LogP contribution in [0.15, 0.2) is 79.9 Å². The van der Waals surface area contributed by atoms with Crippen molar-refractivity contribution >= 4 is 22.3 Å². The Labute approximate surface area is 388 Å². The standard InChI is InChI=1S/C26H34N4O5.C23H28N4O5/c1-15(2)17-8-6-16(7-9-17)12-34-20-5-3-4-18(20)10-19-22-25(28-13-27-19)30(14-29-22)26-24(33)23(32)21(11-31)35-26;28-10-18-20(29)21(30)23(32-18)27-13-26-19-16(24-12-25-22(19)27)9-15-7-4-8-17(15)31-11-14-5-2-1-3-6-14/h6-9,13-15,18,20-21,23-24,26,31-33H,3-5,10-12H2,1-2H3;1-3,5-6,12-13,15,17-18,20-21,23,28-30H,4,7-11H2/t18?,20-,21-,23-,24-,26-;15?,17-,18-,20-,21-,23-/m11/s1. The fourth-order valence-corrected chi connectivity index (χ4v) is 10.1. The monoisotopic (exact) mass is 922 g/mol. The zero-order valence-corrected chi connectivity index (χ0v) is 37.9. The molecule has 10 rings (SSSR count). The Hall–Kier alpha value is -4.86. The molecule has 67 heavy (non-hydrogen) atoms. The van der Waals surface area contributed by atoms with Crippen molar-refractivity contribution in [2.45, 2.75) is 146 Å². The molecular weight excluding hydrogens is 861 g/mol. The number of imidazole rings is 2. The molecule has 4 aliphatic rings. The molecule has 0 spiro atoms. The molecule has 6 N–H and O–H groups in total. The van der Waals surface area contributed by atoms with Gasteiger partial charge in [-0.2, -0.15) is 0 Å². The van der Waals surface area contributed by atoms with Crippen LogP contribution in [-0.2, 0) is 45.0 Å². The minimum atomic E-state index is -1.19. The van der Waals surface area contributed by atoms with Crippen molar-refractivity contribution < 1.29 is 49.6 Å². The predicted octanol–water partition coefficient (Wildman–Crippen LogP) is 3.86. The van der Waals surface area contributed by atoms with Gasteiger partial charge in [0, 0.05) is 0 Å². The molecular formula is C49H62N8O10. The molecule has 12 atom stereocenters. The molecule has 18 nitrogen and oxygen atoms in total. The molecule has 6 heterocycles. The fraction of sp³-hybridized carbons (Fsp3) is 0.551. The summed E-state index contributed by atoms with van der Waals surface area (Å²) in [6, 6.07) is 18.8. The molecule has 358 valence electrons. The maximum atomic E-state index is 10.4. The minimum Gasteiger partial charge on any atom is -0.394 e. The predicted molar refractivity (Wildman–Crippen MR) is 243 cm³/mol. The topological polar surface area (TPSA) is 246 Å². The highest BCUT2D eigenvalue weighted by Gasteiger charge is 2.45. The number of aromatic nitrogens is 8. The van der Waals surface area contributed by atoms with E-state index in [4.69, 9.17) is 18.9 Å². The van der Waals surface area contributed by atoms with E-state index in [-0.39, 0.29) is 25.4 Å². The second-order valence-electron chi connectivity index (χ2n) is 18.6. The first-order valence-electron chi connectivity index (χ1n) is 23.5. The summed E-state index contributed by atoms with van der Waals surface area (Å²) in [6.45, 7) is 4.82. The molecule has 4 aromatic heterocycles. The van der Waals surface area contributed by atoms with Crippen molar-refractivity contribution in [1.82, 2.24) is 39.0 Å². The van der Waals surface area contributed by atoms with Crippen LogP contribution < -0.4 is 0 Å². The average molecular weight is 923 g/mol. The molecule has 2 aliphatic carbocycles. The second-order valence-corrected chi connectivity index (χ2v) is 18.6. The van der Waals surface area contributed by atoms with Gasteiger partial charge in [-0.1, -0.05) is 81.3 Å². The summed E-state index contributed by atoms with van der Waals surface area (Å²) in [6.07, 6.45) is 6.11. The van der Waals surface area contributed by atoms with E-state index in [1.165, 1.54) is 29.3 Å². The van der Waals surface area contributed by atoms with Crippen molar-refractivity contribution in [2.75, 3.05) is 13.2 Å². The van der Waals surface area contributed by atoms with Crippen LogP contribution in [0.25, 0.3) is 22.3 Å². The molecule has 2 saturated heterocycles. The molecule has 0 bridgehead atoms. The Kier molecular flexibility index (Phi) is 14.9. The number of aliphatic hydroxyl groups is 6. The van der Waals surface area contributed by atoms with E-state index in [1.54, 1.807) is 21.8 Å². The third kappa shape index (κ3) is 10.2. The minimum absolute atomic E-state index is 0.160. The van der Waals surface area contributed by atoms with Gasteiger partial charge in [-0.25, -0.2) is 29.9 Å². The lowest BCUT2D eigenvalue weighted by molar-refractivity contribution is -0.0511. The molecule has 2 aliphatic heterocycles. The summed E-state index contributed by atoms with van der Waals surface area (Å²) < 4.78 is 27.1. The van der Waals surface area contributed by atoms with Gasteiger partial charge in [0.2, 0.25) is 0 Å². The van der Waals surface area contributed by atoms with E-state index < -0.39 is 49.1 Å². The van der Waals surface area contributed by atoms with Gasteiger partial charge in [0.25, 0.3) is 0 Å². The number of nitrogens with zero attached hydrogens (tertiary/aromatic N) is 8. The molecule has 2 unspecified atom stereocenters. The maximum Gasteiger partial charge on any atom is 0.165 e. The lowest BCUT2D eigenvalue weighted by Crippen LogP contribution is -2.33. The molecule has 18 heteroatoms. The number of rotatable bonds is 15. The van der Waals surface area contributed by atoms with E-state index in [0.29, 0.717) is 53.3 Å². The van der Waals surface area contributed by atoms with E-state index >= 15 is 0 Å². The van der Waals surface area contributed by atoms with Crippen LogP contribution in [0.4, 0.5) is 0 Å². The van der Waals surface area contributed by atoms with E-state index in [9.17, 15) is 30.6 Å². The maximum absolute atomic E-state index is 10.4. The summed E-state index contributed by atoms with van der Waals surface area (Å²) in [4.78, 5) is 26.7. The van der Waals surface area contributed by atoms with Crippen molar-refractivity contribution in [1.29, 1.82) is 0 Å². The van der Waals surface area contributed by atoms with Crippen LogP contribution in [0.5, 0.6) is 0 Å². The number of fused-ring (bicyclic) bond motifs is 2. The Morgan fingerprint density at radius 3 is 1.48 bits per heavy atom. The third-order valence-electron chi connectivity index (χ3n) is 14.0. The molecule has 2 aromatic carbocycles. The highest BCUT2D eigenvalue weighted by Crippen LogP contribution is 2.37. The van der Waals surface area contributed by atoms with Gasteiger partial charge in [0.05, 0.1) is 62.7 Å². The molecule has 2 saturated carbocycles. The van der Waals surface area contributed by atoms with Gasteiger partial charge in [0.15, 0.2) is 23.8 Å². The van der Waals surface area contributed by atoms with Crippen molar-refractivity contribution in [3.8, 4) is 0 Å². The zero-order chi connectivity index (χ0) is 46.6. The average Bonchev–Trinajstić information content (AvgIpc) is 4.23. The fourth-order valence-electron chi connectivity index (χ4n) is 10.1. The van der Waals surface area contributed by atoms with Crippen LogP contribution in [0.2, 0.25) is 0 Å². The van der Waals surface area contributed by atoms with Gasteiger partial charge >= 0.3 is 0 Å². The van der Waals surface area contributed by atoms with Crippen LogP contribution in [-0.4, -0.2) is 132 Å². The van der Waals surface area contributed by atoms with Crippen LogP contribution in [0.3, 0.4) is 0 Å². The van der Waals surface area contributed by atoms with Crippen molar-refractivity contribution in [3.63, 3.8) is 0 Å². The van der Waals surface area contributed by atoms with Crippen LogP contribution in [0, 0.1) is 11.8 Å². The summed E-state index contributed by atoms with van der Waals surface area (Å²) in [7, 11) is 0. The van der Waals surface area contributed by atoms with Gasteiger partial charge in [-0.3, -0.25) is 9.13 Å². The first-order valence-corrected chi connectivity index (χ1v) is 23.5. The summed E-state index contributed by atoms with van der Waals surface area (Å²) in [5.41, 5.74) is 7.72. The Morgan fingerprint density at radius 2 is 1.04 bits per heavy atom. The lowest BCUT2D eigenvalue weighted by Gasteiger charge is -2.20. The lowest BCUT2D eigenvalue weighted by atomic mass is 9.98. The highest BCUT2D eigenvalue weighted by molar-refractivity contribution is 5.74. The number of hydrogen-bond donors (Lipinski definition) is 6. The number of benzene rings is 2. The molecule has 0 radical (unpaired) electrons. The third-order valence-corrected chi connectivity index (χ3v) is 14.0. The van der Waals surface area contributed by atoms with E-state index in [2.05, 4.69) is 80.1 Å². The van der Waals surface area contributed by atoms with Crippen molar-refractivity contribution in [2.24, 2.45) is 11.8 Å². The first kappa shape index (κ1) is 47.2. The number of hydrogen-bond acceptors (Lipinski definition) is 16. The first-order chi connectivity index (χ1) is 32.6. The Balaban J connectivity index is 0.000000169. The summed E-state index contributed by atoms with van der Waals surface area (Å²) in [5.74, 6) is 1.19. The normalized spacial score (nSPS) is 29.6. The number of aliphatic hydroxyl groups excluding tert-OH is 6. The van der Waals surface area contributed by atoms with Gasteiger partial charge in [-0.05, 0) is 73.0 Å². The summed E-state index contributed by atoms with van der Waals surface area (Å²) in [5, 5.41) is 59.8. The van der Waals surface area contributed by atoms with E-state index in [1.807, 2.05) is 18.2 Å². The second kappa shape index (κ2) is 21.2. The van der Waals surface area contributed by atoms with Crippen molar-refractivity contribution in [3.05, 3.63) is 108 Å². The largest absolute Gasteiger partial charge is 0.394 e. The molecule has 0 amide bonds. The Bertz CT molecular complexity index is 2530. The highest BCUT2D eigenvalue weighted by atomic mass is 16.6. The molecule has 6 aromatic rings. The number of ether oxygens (including phenoxy) is 4. The van der Waals surface area contributed by atoms with Crippen LogP contribution in [0.1, 0.15) is 98.8 Å². The van der Waals surface area contributed by atoms with Gasteiger partial charge in [0.1, 0.15) is 60.3 Å². The Morgan fingerprint density at radius 1 is 0.582 bits per heavy atom. The quantitative estimate of drug-likeness (QED) is 0.0857. The van der Waals surface area contributed by atoms with Gasteiger partial charge < -0.3 is 49.6 Å². The van der Waals surface area contributed by atoms with E-state index in [0.717, 1.165) is 62.8 Å². The van der Waals surface area contributed by atoms with Gasteiger partial charge in [-0.15, -0.1) is 0 Å².